The lowest BCUT2D eigenvalue weighted by molar-refractivity contribution is 0.262. The Hall–Kier alpha value is -4.20. The molecule has 0 aliphatic rings. The zero-order chi connectivity index (χ0) is 23.5. The number of nitrogens with one attached hydrogen (secondary N) is 3. The van der Waals surface area contributed by atoms with Crippen molar-refractivity contribution in [3.8, 4) is 5.82 Å². The van der Waals surface area contributed by atoms with Gasteiger partial charge in [-0.2, -0.15) is 5.10 Å². The summed E-state index contributed by atoms with van der Waals surface area (Å²) in [7, 11) is 0. The average Bonchev–Trinajstić information content (AvgIpc) is 3.05. The minimum Gasteiger partial charge on any atom is -0.339 e. The zero-order valence-corrected chi connectivity index (χ0v) is 19.4. The molecule has 3 N–H and O–H groups in total. The largest absolute Gasteiger partial charge is 0.339 e. The fourth-order valence-corrected chi connectivity index (χ4v) is 3.47. The molecule has 4 aromatic rings. The molecule has 2 amide bonds. The van der Waals surface area contributed by atoms with Gasteiger partial charge in [0.2, 0.25) is 0 Å². The van der Waals surface area contributed by atoms with Crippen molar-refractivity contribution < 1.29 is 4.79 Å². The van der Waals surface area contributed by atoms with Crippen molar-refractivity contribution in [3.05, 3.63) is 82.7 Å². The average molecular weight is 442 g/mol. The van der Waals surface area contributed by atoms with Gasteiger partial charge in [-0.15, -0.1) is 10.2 Å². The maximum Gasteiger partial charge on any atom is 0.323 e. The number of urea groups is 1. The monoisotopic (exact) mass is 441 g/mol. The predicted octanol–water partition coefficient (Wildman–Crippen LogP) is 5.59. The van der Waals surface area contributed by atoms with E-state index >= 15 is 0 Å². The van der Waals surface area contributed by atoms with Crippen LogP contribution in [0.4, 0.5) is 27.7 Å². The van der Waals surface area contributed by atoms with Gasteiger partial charge in [0.25, 0.3) is 0 Å². The number of anilines is 4. The number of benzene rings is 2. The zero-order valence-electron chi connectivity index (χ0n) is 19.4. The molecule has 0 unspecified atom stereocenters. The molecular formula is C25H27N7O. The van der Waals surface area contributed by atoms with E-state index in [4.69, 9.17) is 0 Å². The van der Waals surface area contributed by atoms with Crippen LogP contribution in [0.15, 0.2) is 54.6 Å². The van der Waals surface area contributed by atoms with Gasteiger partial charge in [0, 0.05) is 22.8 Å². The molecule has 0 saturated carbocycles. The van der Waals surface area contributed by atoms with Crippen molar-refractivity contribution >= 4 is 28.9 Å². The molecule has 0 bridgehead atoms. The van der Waals surface area contributed by atoms with E-state index in [0.29, 0.717) is 17.3 Å². The van der Waals surface area contributed by atoms with Gasteiger partial charge in [0.1, 0.15) is 0 Å². The molecule has 33 heavy (non-hydrogen) atoms. The lowest BCUT2D eigenvalue weighted by atomic mass is 10.1. The Kier molecular flexibility index (Phi) is 6.08. The van der Waals surface area contributed by atoms with Gasteiger partial charge in [0.15, 0.2) is 11.6 Å². The maximum atomic E-state index is 12.3. The van der Waals surface area contributed by atoms with E-state index in [0.717, 1.165) is 39.5 Å². The predicted molar refractivity (Wildman–Crippen MR) is 132 cm³/mol. The Balaban J connectivity index is 1.37. The van der Waals surface area contributed by atoms with Crippen LogP contribution < -0.4 is 16.0 Å². The number of rotatable bonds is 5. The highest BCUT2D eigenvalue weighted by atomic mass is 16.2. The summed E-state index contributed by atoms with van der Waals surface area (Å²) in [6.07, 6.45) is 0. The third-order valence-electron chi connectivity index (χ3n) is 5.57. The number of aryl methyl sites for hydroxylation is 3. The Morgan fingerprint density at radius 1 is 0.818 bits per heavy atom. The van der Waals surface area contributed by atoms with Gasteiger partial charge in [-0.05, 0) is 88.2 Å². The fourth-order valence-electron chi connectivity index (χ4n) is 3.47. The van der Waals surface area contributed by atoms with Crippen LogP contribution in [0.2, 0.25) is 0 Å². The number of aromatic nitrogens is 4. The first kappa shape index (κ1) is 22.0. The molecule has 168 valence electrons. The van der Waals surface area contributed by atoms with Crippen LogP contribution in [0.25, 0.3) is 5.82 Å². The van der Waals surface area contributed by atoms with Gasteiger partial charge in [-0.3, -0.25) is 0 Å². The smallest absolute Gasteiger partial charge is 0.323 e. The first-order valence-electron chi connectivity index (χ1n) is 10.7. The van der Waals surface area contributed by atoms with Crippen LogP contribution in [0, 0.1) is 34.6 Å². The molecular weight excluding hydrogens is 414 g/mol. The lowest BCUT2D eigenvalue weighted by Gasteiger charge is -2.11. The standard InChI is InChI=1S/C25H27N7O/c1-15-6-11-22(16(2)14-15)28-25(33)27-21-9-7-20(8-10-21)26-23-12-13-24(30-29-23)32-19(5)17(3)18(4)31-32/h6-14H,1-5H3,(H,26,29)(H2,27,28,33). The summed E-state index contributed by atoms with van der Waals surface area (Å²) < 4.78 is 1.80. The van der Waals surface area contributed by atoms with Crippen molar-refractivity contribution in [3.63, 3.8) is 0 Å². The first-order valence-corrected chi connectivity index (χ1v) is 10.7. The van der Waals surface area contributed by atoms with Crippen molar-refractivity contribution in [1.29, 1.82) is 0 Å². The normalized spacial score (nSPS) is 10.7. The molecule has 0 atom stereocenters. The van der Waals surface area contributed by atoms with Gasteiger partial charge in [0.05, 0.1) is 5.69 Å². The van der Waals surface area contributed by atoms with Crippen LogP contribution in [0.3, 0.4) is 0 Å². The molecule has 0 aliphatic heterocycles. The molecule has 0 spiro atoms. The van der Waals surface area contributed by atoms with Gasteiger partial charge in [-0.1, -0.05) is 17.7 Å². The van der Waals surface area contributed by atoms with E-state index in [2.05, 4.69) is 31.2 Å². The summed E-state index contributed by atoms with van der Waals surface area (Å²) in [5.41, 5.74) is 7.65. The second-order valence-corrected chi connectivity index (χ2v) is 8.08. The van der Waals surface area contributed by atoms with Crippen LogP contribution in [0.1, 0.15) is 28.1 Å². The topological polar surface area (TPSA) is 96.8 Å². The van der Waals surface area contributed by atoms with E-state index in [1.807, 2.05) is 89.2 Å². The van der Waals surface area contributed by atoms with Crippen molar-refractivity contribution in [1.82, 2.24) is 20.0 Å². The number of carbonyl (C=O) groups excluding carboxylic acids is 1. The maximum absolute atomic E-state index is 12.3. The highest BCUT2D eigenvalue weighted by Gasteiger charge is 2.10. The summed E-state index contributed by atoms with van der Waals surface area (Å²) in [5, 5.41) is 22.0. The fraction of sp³-hybridized carbons (Fsp3) is 0.200. The van der Waals surface area contributed by atoms with Crippen molar-refractivity contribution in [2.24, 2.45) is 0 Å². The molecule has 2 heterocycles. The van der Waals surface area contributed by atoms with Gasteiger partial charge in [-0.25, -0.2) is 9.48 Å². The van der Waals surface area contributed by atoms with E-state index in [-0.39, 0.29) is 6.03 Å². The highest BCUT2D eigenvalue weighted by molar-refractivity contribution is 6.00. The molecule has 8 nitrogen and oxygen atoms in total. The summed E-state index contributed by atoms with van der Waals surface area (Å²) in [5.74, 6) is 1.29. The summed E-state index contributed by atoms with van der Waals surface area (Å²) >= 11 is 0. The van der Waals surface area contributed by atoms with E-state index in [1.54, 1.807) is 4.68 Å². The molecule has 4 rings (SSSR count). The summed E-state index contributed by atoms with van der Waals surface area (Å²) in [6.45, 7) is 10.0. The Labute approximate surface area is 193 Å². The minimum absolute atomic E-state index is 0.288. The van der Waals surface area contributed by atoms with Crippen LogP contribution in [0.5, 0.6) is 0 Å². The Morgan fingerprint density at radius 2 is 1.55 bits per heavy atom. The molecule has 0 radical (unpaired) electrons. The molecule has 0 fully saturated rings. The van der Waals surface area contributed by atoms with Crippen LogP contribution in [-0.4, -0.2) is 26.0 Å². The SMILES string of the molecule is Cc1ccc(NC(=O)Nc2ccc(Nc3ccc(-n4nc(C)c(C)c4C)nn3)cc2)c(C)c1. The third-order valence-corrected chi connectivity index (χ3v) is 5.57. The second-order valence-electron chi connectivity index (χ2n) is 8.08. The molecule has 2 aromatic carbocycles. The van der Waals surface area contributed by atoms with E-state index in [1.165, 1.54) is 0 Å². The number of hydrogen-bond donors (Lipinski definition) is 3. The highest BCUT2D eigenvalue weighted by Crippen LogP contribution is 2.20. The quantitative estimate of drug-likeness (QED) is 0.375. The van der Waals surface area contributed by atoms with E-state index in [9.17, 15) is 4.79 Å². The minimum atomic E-state index is -0.288. The van der Waals surface area contributed by atoms with Gasteiger partial charge < -0.3 is 16.0 Å². The second kappa shape index (κ2) is 9.12. The van der Waals surface area contributed by atoms with Crippen molar-refractivity contribution in [2.75, 3.05) is 16.0 Å². The van der Waals surface area contributed by atoms with Crippen molar-refractivity contribution in [2.45, 2.75) is 34.6 Å². The number of carbonyl (C=O) groups is 1. The Morgan fingerprint density at radius 3 is 2.15 bits per heavy atom. The molecule has 8 heteroatoms. The van der Waals surface area contributed by atoms with E-state index < -0.39 is 0 Å². The number of hydrogen-bond acceptors (Lipinski definition) is 5. The van der Waals surface area contributed by atoms with Crippen LogP contribution >= 0.6 is 0 Å². The molecule has 0 saturated heterocycles. The number of amides is 2. The summed E-state index contributed by atoms with van der Waals surface area (Å²) in [4.78, 5) is 12.3. The van der Waals surface area contributed by atoms with Gasteiger partial charge >= 0.3 is 6.03 Å². The lowest BCUT2D eigenvalue weighted by Crippen LogP contribution is -2.19. The third kappa shape index (κ3) is 5.01. The molecule has 2 aromatic heterocycles. The Bertz CT molecular complexity index is 1290. The summed E-state index contributed by atoms with van der Waals surface area (Å²) in [6, 6.07) is 16.7. The first-order chi connectivity index (χ1) is 15.8. The number of nitrogens with zero attached hydrogens (tertiary/aromatic N) is 4. The molecule has 0 aliphatic carbocycles. The van der Waals surface area contributed by atoms with Crippen LogP contribution in [-0.2, 0) is 0 Å².